The molecule has 1 fully saturated rings. The van der Waals surface area contributed by atoms with Crippen LogP contribution in [0.4, 0.5) is 14.5 Å². The number of hydrogen-bond donors (Lipinski definition) is 1. The van der Waals surface area contributed by atoms with E-state index in [1.807, 2.05) is 25.1 Å². The Morgan fingerprint density at radius 1 is 1.37 bits per heavy atom. The molecule has 1 amide bonds. The fraction of sp³-hybridized carbons (Fsp3) is 0.500. The summed E-state index contributed by atoms with van der Waals surface area (Å²) in [7, 11) is 0. The van der Waals surface area contributed by atoms with Gasteiger partial charge in [0.05, 0.1) is 0 Å². The van der Waals surface area contributed by atoms with Crippen LogP contribution in [-0.4, -0.2) is 11.8 Å². The molecule has 2 nitrogen and oxygen atoms in total. The van der Waals surface area contributed by atoms with E-state index in [0.29, 0.717) is 5.69 Å². The first-order chi connectivity index (χ1) is 8.87. The number of nitrogens with one attached hydrogen (secondary N) is 1. The number of aryl methyl sites for hydroxylation is 1. The van der Waals surface area contributed by atoms with Crippen molar-refractivity contribution in [2.45, 2.75) is 38.5 Å². The molecule has 1 N–H and O–H groups in total. The second-order valence-electron chi connectivity index (χ2n) is 5.08. The minimum absolute atomic E-state index is 0.161. The third-order valence-electron chi connectivity index (χ3n) is 3.53. The molecule has 0 bridgehead atoms. The zero-order valence-corrected chi connectivity index (χ0v) is 12.3. The van der Waals surface area contributed by atoms with Gasteiger partial charge in [-0.05, 0) is 37.5 Å². The molecule has 1 aromatic carbocycles. The van der Waals surface area contributed by atoms with Gasteiger partial charge in [-0.15, -0.1) is 0 Å². The first-order valence-corrected chi connectivity index (χ1v) is 7.11. The normalized spacial score (nSPS) is 19.2. The van der Waals surface area contributed by atoms with Crippen LogP contribution in [0.25, 0.3) is 0 Å². The molecule has 0 atom stereocenters. The van der Waals surface area contributed by atoms with E-state index in [1.165, 1.54) is 0 Å². The number of carbonyl (C=O) groups excluding carboxylic acids is 1. The smallest absolute Gasteiger partial charge is 0.248 e. The van der Waals surface area contributed by atoms with Crippen LogP contribution in [-0.2, 0) is 4.79 Å². The van der Waals surface area contributed by atoms with Gasteiger partial charge in [0.1, 0.15) is 0 Å². The summed E-state index contributed by atoms with van der Waals surface area (Å²) in [5.41, 5.74) is 1.77. The van der Waals surface area contributed by atoms with Crippen molar-refractivity contribution in [3.8, 4) is 0 Å². The summed E-state index contributed by atoms with van der Waals surface area (Å²) in [4.78, 5) is 12.0. The van der Waals surface area contributed by atoms with Crippen LogP contribution in [0.5, 0.6) is 0 Å². The van der Waals surface area contributed by atoms with E-state index in [9.17, 15) is 13.6 Å². The van der Waals surface area contributed by atoms with E-state index in [1.54, 1.807) is 0 Å². The molecule has 19 heavy (non-hydrogen) atoms. The molecular weight excluding hydrogens is 316 g/mol. The molecule has 0 heterocycles. The van der Waals surface area contributed by atoms with E-state index in [-0.39, 0.29) is 37.5 Å². The Kier molecular flexibility index (Phi) is 4.23. The average molecular weight is 332 g/mol. The molecule has 0 aromatic heterocycles. The van der Waals surface area contributed by atoms with Crippen LogP contribution < -0.4 is 5.32 Å². The van der Waals surface area contributed by atoms with Gasteiger partial charge in [0.15, 0.2) is 0 Å². The summed E-state index contributed by atoms with van der Waals surface area (Å²) in [6.45, 7) is 1.96. The molecule has 5 heteroatoms. The highest BCUT2D eigenvalue weighted by atomic mass is 79.9. The SMILES string of the molecule is Cc1ccc(NC(=O)C2CCC(F)(F)CC2)cc1Br. The predicted octanol–water partition coefficient (Wildman–Crippen LogP) is 4.52. The summed E-state index contributed by atoms with van der Waals surface area (Å²) >= 11 is 3.40. The van der Waals surface area contributed by atoms with Crippen LogP contribution in [0.1, 0.15) is 31.2 Å². The number of benzene rings is 1. The van der Waals surface area contributed by atoms with Gasteiger partial charge in [-0.2, -0.15) is 0 Å². The molecule has 0 aliphatic heterocycles. The lowest BCUT2D eigenvalue weighted by atomic mass is 9.86. The van der Waals surface area contributed by atoms with Crippen molar-refractivity contribution in [3.63, 3.8) is 0 Å². The van der Waals surface area contributed by atoms with E-state index < -0.39 is 5.92 Å². The van der Waals surface area contributed by atoms with Gasteiger partial charge < -0.3 is 5.32 Å². The number of amides is 1. The Labute approximate surface area is 119 Å². The standard InChI is InChI=1S/C14H16BrF2NO/c1-9-2-3-11(8-12(9)15)18-13(19)10-4-6-14(16,17)7-5-10/h2-3,8,10H,4-7H2,1H3,(H,18,19). The van der Waals surface area contributed by atoms with Crippen molar-refractivity contribution in [3.05, 3.63) is 28.2 Å². The quantitative estimate of drug-likeness (QED) is 0.848. The van der Waals surface area contributed by atoms with Crippen molar-refractivity contribution in [2.75, 3.05) is 5.32 Å². The Balaban J connectivity index is 1.96. The molecule has 0 spiro atoms. The lowest BCUT2D eigenvalue weighted by molar-refractivity contribution is -0.124. The van der Waals surface area contributed by atoms with Crippen LogP contribution in [0.15, 0.2) is 22.7 Å². The zero-order chi connectivity index (χ0) is 14.0. The number of rotatable bonds is 2. The molecule has 1 saturated carbocycles. The van der Waals surface area contributed by atoms with E-state index in [2.05, 4.69) is 21.2 Å². The first-order valence-electron chi connectivity index (χ1n) is 6.32. The predicted molar refractivity (Wildman–Crippen MR) is 74.4 cm³/mol. The van der Waals surface area contributed by atoms with Gasteiger partial charge in [0.25, 0.3) is 0 Å². The summed E-state index contributed by atoms with van der Waals surface area (Å²) in [6, 6.07) is 5.54. The highest BCUT2D eigenvalue weighted by molar-refractivity contribution is 9.10. The fourth-order valence-corrected chi connectivity index (χ4v) is 2.60. The van der Waals surface area contributed by atoms with Crippen LogP contribution >= 0.6 is 15.9 Å². The van der Waals surface area contributed by atoms with Crippen molar-refractivity contribution < 1.29 is 13.6 Å². The summed E-state index contributed by atoms with van der Waals surface area (Å²) in [6.07, 6.45) is 0.128. The molecule has 1 aromatic rings. The van der Waals surface area contributed by atoms with Gasteiger partial charge in [-0.3, -0.25) is 4.79 Å². The van der Waals surface area contributed by atoms with E-state index in [0.717, 1.165) is 10.0 Å². The number of carbonyl (C=O) groups is 1. The number of anilines is 1. The molecule has 0 unspecified atom stereocenters. The Hall–Kier alpha value is -0.970. The van der Waals surface area contributed by atoms with Crippen LogP contribution in [0, 0.1) is 12.8 Å². The summed E-state index contributed by atoms with van der Waals surface area (Å²) in [5, 5.41) is 2.79. The minimum Gasteiger partial charge on any atom is -0.326 e. The van der Waals surface area contributed by atoms with Gasteiger partial charge in [0.2, 0.25) is 11.8 Å². The van der Waals surface area contributed by atoms with Crippen LogP contribution in [0.2, 0.25) is 0 Å². The van der Waals surface area contributed by atoms with E-state index >= 15 is 0 Å². The van der Waals surface area contributed by atoms with Crippen molar-refractivity contribution in [2.24, 2.45) is 5.92 Å². The Morgan fingerprint density at radius 3 is 2.58 bits per heavy atom. The summed E-state index contributed by atoms with van der Waals surface area (Å²) < 4.78 is 27.0. The Morgan fingerprint density at radius 2 is 2.00 bits per heavy atom. The topological polar surface area (TPSA) is 29.1 Å². The van der Waals surface area contributed by atoms with Gasteiger partial charge in [0, 0.05) is 28.9 Å². The molecule has 104 valence electrons. The number of alkyl halides is 2. The molecular formula is C14H16BrF2NO. The third-order valence-corrected chi connectivity index (χ3v) is 4.38. The number of hydrogen-bond acceptors (Lipinski definition) is 1. The van der Waals surface area contributed by atoms with Crippen molar-refractivity contribution in [1.82, 2.24) is 0 Å². The number of halogens is 3. The molecule has 1 aliphatic carbocycles. The van der Waals surface area contributed by atoms with Crippen molar-refractivity contribution in [1.29, 1.82) is 0 Å². The maximum Gasteiger partial charge on any atom is 0.248 e. The maximum atomic E-state index is 13.0. The lowest BCUT2D eigenvalue weighted by Gasteiger charge is -2.27. The highest BCUT2D eigenvalue weighted by Gasteiger charge is 2.37. The summed E-state index contributed by atoms with van der Waals surface area (Å²) in [5.74, 6) is -3.06. The molecule has 1 aliphatic rings. The Bertz CT molecular complexity index is 480. The molecule has 2 rings (SSSR count). The second kappa shape index (κ2) is 5.57. The first kappa shape index (κ1) is 14.4. The minimum atomic E-state index is -2.59. The zero-order valence-electron chi connectivity index (χ0n) is 10.7. The third kappa shape index (κ3) is 3.75. The molecule has 0 saturated heterocycles. The molecule has 0 radical (unpaired) electrons. The van der Waals surface area contributed by atoms with Gasteiger partial charge in [-0.25, -0.2) is 8.78 Å². The second-order valence-corrected chi connectivity index (χ2v) is 5.94. The maximum absolute atomic E-state index is 13.0. The van der Waals surface area contributed by atoms with Crippen LogP contribution in [0.3, 0.4) is 0 Å². The highest BCUT2D eigenvalue weighted by Crippen LogP contribution is 2.36. The van der Waals surface area contributed by atoms with Gasteiger partial charge >= 0.3 is 0 Å². The monoisotopic (exact) mass is 331 g/mol. The lowest BCUT2D eigenvalue weighted by Crippen LogP contribution is -2.31. The van der Waals surface area contributed by atoms with Crippen molar-refractivity contribution >= 4 is 27.5 Å². The average Bonchev–Trinajstić information content (AvgIpc) is 2.33. The largest absolute Gasteiger partial charge is 0.326 e. The fourth-order valence-electron chi connectivity index (χ4n) is 2.22. The van der Waals surface area contributed by atoms with E-state index in [4.69, 9.17) is 0 Å². The van der Waals surface area contributed by atoms with Gasteiger partial charge in [-0.1, -0.05) is 22.0 Å².